The van der Waals surface area contributed by atoms with Crippen LogP contribution in [0.5, 0.6) is 0 Å². The molecule has 0 saturated carbocycles. The van der Waals surface area contributed by atoms with Crippen molar-refractivity contribution < 1.29 is 9.18 Å². The molecule has 1 amide bonds. The Morgan fingerprint density at radius 1 is 1.38 bits per heavy atom. The van der Waals surface area contributed by atoms with Crippen molar-refractivity contribution in [2.45, 2.75) is 6.54 Å². The van der Waals surface area contributed by atoms with Crippen LogP contribution in [0.2, 0.25) is 5.02 Å². The largest absolute Gasteiger partial charge is 0.346 e. The van der Waals surface area contributed by atoms with E-state index in [1.807, 2.05) is 0 Å². The van der Waals surface area contributed by atoms with E-state index >= 15 is 0 Å². The summed E-state index contributed by atoms with van der Waals surface area (Å²) in [6.45, 7) is 0.0495. The summed E-state index contributed by atoms with van der Waals surface area (Å²) in [7, 11) is 1.52. The Morgan fingerprint density at radius 2 is 2.17 bits per heavy atom. The molecule has 6 nitrogen and oxygen atoms in total. The quantitative estimate of drug-likeness (QED) is 0.787. The molecule has 3 rings (SSSR count). The highest BCUT2D eigenvalue weighted by atomic mass is 35.5. The van der Waals surface area contributed by atoms with Crippen molar-refractivity contribution in [2.75, 3.05) is 0 Å². The fourth-order valence-electron chi connectivity index (χ4n) is 2.23. The third kappa shape index (κ3) is 2.98. The van der Waals surface area contributed by atoms with E-state index in [1.165, 1.54) is 23.7 Å². The molecule has 3 aromatic rings. The lowest BCUT2D eigenvalue weighted by molar-refractivity contribution is 0.0944. The number of halogens is 2. The minimum Gasteiger partial charge on any atom is -0.346 e. The Labute approximate surface area is 140 Å². The van der Waals surface area contributed by atoms with Gasteiger partial charge in [0.2, 0.25) is 0 Å². The average Bonchev–Trinajstić information content (AvgIpc) is 2.57. The maximum atomic E-state index is 13.0. The molecule has 1 aromatic carbocycles. The minimum atomic E-state index is -0.637. The van der Waals surface area contributed by atoms with Gasteiger partial charge >= 0.3 is 0 Å². The van der Waals surface area contributed by atoms with Crippen LogP contribution in [0.15, 0.2) is 41.3 Å². The van der Waals surface area contributed by atoms with Crippen LogP contribution in [0, 0.1) is 5.82 Å². The highest BCUT2D eigenvalue weighted by molar-refractivity contribution is 6.31. The number of amides is 1. The summed E-state index contributed by atoms with van der Waals surface area (Å²) in [5.74, 6) is -1.10. The molecule has 0 aliphatic heterocycles. The minimum absolute atomic E-state index is 0.0495. The summed E-state index contributed by atoms with van der Waals surface area (Å²) in [6.07, 6.45) is 1.54. The normalized spacial score (nSPS) is 10.8. The van der Waals surface area contributed by atoms with Gasteiger partial charge in [-0.25, -0.2) is 14.4 Å². The first-order valence-corrected chi connectivity index (χ1v) is 7.39. The van der Waals surface area contributed by atoms with Crippen molar-refractivity contribution in [3.8, 4) is 0 Å². The monoisotopic (exact) mass is 346 g/mol. The topological polar surface area (TPSA) is 76.9 Å². The van der Waals surface area contributed by atoms with Gasteiger partial charge in [0.15, 0.2) is 11.3 Å². The van der Waals surface area contributed by atoms with Crippen LogP contribution in [0.4, 0.5) is 4.39 Å². The Kier molecular flexibility index (Phi) is 4.26. The van der Waals surface area contributed by atoms with E-state index < -0.39 is 17.3 Å². The predicted octanol–water partition coefficient (Wildman–Crippen LogP) is 2.05. The molecular formula is C16H12ClFN4O2. The lowest BCUT2D eigenvalue weighted by Crippen LogP contribution is -2.33. The number of nitrogens with zero attached hydrogens (tertiary/aromatic N) is 3. The Morgan fingerprint density at radius 3 is 2.92 bits per heavy atom. The average molecular weight is 347 g/mol. The molecule has 0 saturated heterocycles. The van der Waals surface area contributed by atoms with Gasteiger partial charge in [-0.2, -0.15) is 0 Å². The van der Waals surface area contributed by atoms with Crippen LogP contribution in [-0.2, 0) is 13.6 Å². The SMILES string of the molecule is Cn1c(=O)c(C(=O)NCc2ccc(F)cc2Cl)nc2cccnc21. The van der Waals surface area contributed by atoms with Crippen molar-refractivity contribution in [3.63, 3.8) is 0 Å². The van der Waals surface area contributed by atoms with E-state index in [9.17, 15) is 14.0 Å². The molecule has 8 heteroatoms. The Hall–Kier alpha value is -2.80. The molecule has 0 aliphatic carbocycles. The standard InChI is InChI=1S/C16H12ClFN4O2/c1-22-14-12(3-2-6-19-14)21-13(16(22)24)15(23)20-8-9-4-5-10(18)7-11(9)17/h2-7H,8H2,1H3,(H,20,23). The van der Waals surface area contributed by atoms with E-state index in [4.69, 9.17) is 11.6 Å². The number of fused-ring (bicyclic) bond motifs is 1. The van der Waals surface area contributed by atoms with Crippen molar-refractivity contribution in [2.24, 2.45) is 7.05 Å². The fourth-order valence-corrected chi connectivity index (χ4v) is 2.46. The van der Waals surface area contributed by atoms with Gasteiger partial charge in [0.1, 0.15) is 11.3 Å². The molecule has 0 unspecified atom stereocenters. The van der Waals surface area contributed by atoms with Crippen LogP contribution >= 0.6 is 11.6 Å². The van der Waals surface area contributed by atoms with Gasteiger partial charge in [0, 0.05) is 24.8 Å². The molecule has 0 fully saturated rings. The highest BCUT2D eigenvalue weighted by Crippen LogP contribution is 2.17. The van der Waals surface area contributed by atoms with E-state index in [0.717, 1.165) is 6.07 Å². The lowest BCUT2D eigenvalue weighted by Gasteiger charge is -2.09. The summed E-state index contributed by atoms with van der Waals surface area (Å²) in [6, 6.07) is 7.19. The number of pyridine rings is 1. The number of rotatable bonds is 3. The Bertz CT molecular complexity index is 1000. The number of hydrogen-bond donors (Lipinski definition) is 1. The summed E-state index contributed by atoms with van der Waals surface area (Å²) in [5.41, 5.74) is 0.566. The number of carbonyl (C=O) groups is 1. The first-order chi connectivity index (χ1) is 11.5. The van der Waals surface area contributed by atoms with Gasteiger partial charge in [-0.05, 0) is 29.8 Å². The first-order valence-electron chi connectivity index (χ1n) is 7.01. The van der Waals surface area contributed by atoms with Crippen molar-refractivity contribution in [1.82, 2.24) is 19.9 Å². The van der Waals surface area contributed by atoms with Crippen LogP contribution in [0.1, 0.15) is 16.1 Å². The number of carbonyl (C=O) groups excluding carboxylic acids is 1. The van der Waals surface area contributed by atoms with E-state index in [0.29, 0.717) is 16.7 Å². The molecule has 24 heavy (non-hydrogen) atoms. The number of hydrogen-bond acceptors (Lipinski definition) is 4. The van der Waals surface area contributed by atoms with Gasteiger partial charge in [-0.15, -0.1) is 0 Å². The van der Waals surface area contributed by atoms with E-state index in [2.05, 4.69) is 15.3 Å². The maximum Gasteiger partial charge on any atom is 0.283 e. The molecule has 2 aromatic heterocycles. The number of benzene rings is 1. The molecule has 2 heterocycles. The second-order valence-electron chi connectivity index (χ2n) is 5.09. The summed E-state index contributed by atoms with van der Waals surface area (Å²) in [5, 5.41) is 2.76. The second kappa shape index (κ2) is 6.37. The van der Waals surface area contributed by atoms with Gasteiger partial charge in [-0.1, -0.05) is 17.7 Å². The van der Waals surface area contributed by atoms with Crippen LogP contribution < -0.4 is 10.9 Å². The fraction of sp³-hybridized carbons (Fsp3) is 0.125. The molecule has 0 radical (unpaired) electrons. The van der Waals surface area contributed by atoms with Crippen molar-refractivity contribution in [3.05, 3.63) is 69.0 Å². The predicted molar refractivity (Wildman–Crippen MR) is 87.4 cm³/mol. The van der Waals surface area contributed by atoms with Gasteiger partial charge in [0.05, 0.1) is 0 Å². The zero-order valence-corrected chi connectivity index (χ0v) is 13.3. The van der Waals surface area contributed by atoms with Crippen LogP contribution in [0.3, 0.4) is 0 Å². The zero-order chi connectivity index (χ0) is 17.3. The number of aromatic nitrogens is 3. The summed E-state index contributed by atoms with van der Waals surface area (Å²) >= 11 is 5.91. The maximum absolute atomic E-state index is 13.0. The van der Waals surface area contributed by atoms with Crippen molar-refractivity contribution in [1.29, 1.82) is 0 Å². The van der Waals surface area contributed by atoms with Crippen molar-refractivity contribution >= 4 is 28.7 Å². The molecule has 0 aliphatic rings. The summed E-state index contributed by atoms with van der Waals surface area (Å²) in [4.78, 5) is 32.7. The molecule has 0 spiro atoms. The van der Waals surface area contributed by atoms with Gasteiger partial charge in [0.25, 0.3) is 11.5 Å². The lowest BCUT2D eigenvalue weighted by atomic mass is 10.2. The molecule has 1 N–H and O–H groups in total. The van der Waals surface area contributed by atoms with Crippen LogP contribution in [0.25, 0.3) is 11.2 Å². The molecule has 0 atom stereocenters. The van der Waals surface area contributed by atoms with Crippen LogP contribution in [-0.4, -0.2) is 20.4 Å². The first kappa shape index (κ1) is 16.1. The van der Waals surface area contributed by atoms with Gasteiger partial charge in [-0.3, -0.25) is 14.2 Å². The molecule has 122 valence electrons. The van der Waals surface area contributed by atoms with E-state index in [-0.39, 0.29) is 17.3 Å². The third-order valence-corrected chi connectivity index (χ3v) is 3.84. The Balaban J connectivity index is 1.89. The zero-order valence-electron chi connectivity index (χ0n) is 12.6. The molecular weight excluding hydrogens is 335 g/mol. The number of nitrogens with one attached hydrogen (secondary N) is 1. The number of aryl methyl sites for hydroxylation is 1. The van der Waals surface area contributed by atoms with Gasteiger partial charge < -0.3 is 5.32 Å². The third-order valence-electron chi connectivity index (χ3n) is 3.49. The highest BCUT2D eigenvalue weighted by Gasteiger charge is 2.16. The summed E-state index contributed by atoms with van der Waals surface area (Å²) < 4.78 is 14.3. The van der Waals surface area contributed by atoms with E-state index in [1.54, 1.807) is 18.3 Å². The second-order valence-corrected chi connectivity index (χ2v) is 5.50. The smallest absolute Gasteiger partial charge is 0.283 e. The molecule has 0 bridgehead atoms.